The molecular weight excluding hydrogens is 484 g/mol. The lowest BCUT2D eigenvalue weighted by atomic mass is 10.1. The van der Waals surface area contributed by atoms with Gasteiger partial charge in [-0.2, -0.15) is 0 Å². The van der Waals surface area contributed by atoms with Crippen LogP contribution in [-0.4, -0.2) is 41.9 Å². The van der Waals surface area contributed by atoms with Crippen LogP contribution in [0.5, 0.6) is 0 Å². The number of halogens is 1. The molecule has 0 saturated carbocycles. The van der Waals surface area contributed by atoms with Crippen molar-refractivity contribution in [3.63, 3.8) is 0 Å². The Bertz CT molecular complexity index is 1150. The van der Waals surface area contributed by atoms with Crippen LogP contribution in [0, 0.1) is 10.1 Å². The predicted molar refractivity (Wildman–Crippen MR) is 134 cm³/mol. The number of nitro benzene ring substituents is 1. The van der Waals surface area contributed by atoms with Crippen molar-refractivity contribution in [1.82, 2.24) is 4.90 Å². The second-order valence-electron chi connectivity index (χ2n) is 7.99. The summed E-state index contributed by atoms with van der Waals surface area (Å²) in [4.78, 5) is 28.1. The van der Waals surface area contributed by atoms with Crippen LogP contribution in [0.15, 0.2) is 77.3 Å². The van der Waals surface area contributed by atoms with Gasteiger partial charge in [0, 0.05) is 48.4 Å². The van der Waals surface area contributed by atoms with Gasteiger partial charge in [-0.3, -0.25) is 14.9 Å². The molecule has 1 aliphatic rings. The van der Waals surface area contributed by atoms with Crippen LogP contribution >= 0.6 is 15.9 Å². The third-order valence-electron chi connectivity index (χ3n) is 5.88. The molecule has 1 aliphatic heterocycles. The van der Waals surface area contributed by atoms with E-state index in [1.165, 1.54) is 0 Å². The maximum atomic E-state index is 12.9. The molecule has 3 aromatic carbocycles. The molecule has 1 N–H and O–H groups in total. The number of rotatable bonds is 6. The molecule has 1 unspecified atom stereocenters. The molecule has 7 nitrogen and oxygen atoms in total. The van der Waals surface area contributed by atoms with Crippen molar-refractivity contribution in [3.8, 4) is 0 Å². The molecule has 0 aliphatic carbocycles. The Balaban J connectivity index is 1.48. The highest BCUT2D eigenvalue weighted by molar-refractivity contribution is 9.10. The van der Waals surface area contributed by atoms with Gasteiger partial charge in [0.15, 0.2) is 0 Å². The molecule has 170 valence electrons. The predicted octanol–water partition coefficient (Wildman–Crippen LogP) is 5.49. The van der Waals surface area contributed by atoms with E-state index in [1.807, 2.05) is 72.5 Å². The number of carbonyl (C=O) groups is 1. The van der Waals surface area contributed by atoms with Gasteiger partial charge in [-0.1, -0.05) is 42.5 Å². The van der Waals surface area contributed by atoms with Gasteiger partial charge in [0.2, 0.25) is 0 Å². The second-order valence-corrected chi connectivity index (χ2v) is 8.85. The highest BCUT2D eigenvalue weighted by atomic mass is 79.9. The largest absolute Gasteiger partial charge is 0.373 e. The van der Waals surface area contributed by atoms with E-state index in [0.717, 1.165) is 15.7 Å². The smallest absolute Gasteiger partial charge is 0.292 e. The molecule has 8 heteroatoms. The molecule has 3 aromatic rings. The summed E-state index contributed by atoms with van der Waals surface area (Å²) in [6.07, 6.45) is 0. The number of nitrogens with one attached hydrogen (secondary N) is 1. The number of nitro groups is 1. The first-order valence-electron chi connectivity index (χ1n) is 10.8. The van der Waals surface area contributed by atoms with Gasteiger partial charge in [-0.25, -0.2) is 0 Å². The number of piperazine rings is 1. The van der Waals surface area contributed by atoms with Crippen molar-refractivity contribution in [2.75, 3.05) is 36.4 Å². The lowest BCUT2D eigenvalue weighted by Gasteiger charge is -2.36. The molecule has 1 atom stereocenters. The lowest BCUT2D eigenvalue weighted by molar-refractivity contribution is -0.384. The Morgan fingerprint density at radius 3 is 2.33 bits per heavy atom. The standard InChI is InChI=1S/C25H25BrN4O3/c1-18(19-7-3-2-4-8-19)27-23-17-20(11-12-24(23)30(32)33)28-13-15-29(16-14-28)25(31)21-9-5-6-10-22(21)26/h2-12,17-18,27H,13-16H2,1H3. The average Bonchev–Trinajstić information content (AvgIpc) is 2.84. The molecule has 1 saturated heterocycles. The Hall–Kier alpha value is -3.39. The first kappa shape index (κ1) is 22.8. The van der Waals surface area contributed by atoms with Crippen LogP contribution in [0.1, 0.15) is 28.9 Å². The summed E-state index contributed by atoms with van der Waals surface area (Å²) in [7, 11) is 0. The van der Waals surface area contributed by atoms with E-state index in [-0.39, 0.29) is 22.6 Å². The summed E-state index contributed by atoms with van der Waals surface area (Å²) in [5.41, 5.74) is 3.14. The molecular formula is C25H25BrN4O3. The second kappa shape index (κ2) is 10.0. The van der Waals surface area contributed by atoms with E-state index in [4.69, 9.17) is 0 Å². The maximum Gasteiger partial charge on any atom is 0.292 e. The van der Waals surface area contributed by atoms with Crippen molar-refractivity contribution in [1.29, 1.82) is 0 Å². The van der Waals surface area contributed by atoms with Crippen LogP contribution in [0.3, 0.4) is 0 Å². The fraction of sp³-hybridized carbons (Fsp3) is 0.240. The van der Waals surface area contributed by atoms with Gasteiger partial charge in [0.05, 0.1) is 10.5 Å². The van der Waals surface area contributed by atoms with Gasteiger partial charge in [0.1, 0.15) is 5.69 Å². The minimum absolute atomic E-state index is 0.00451. The van der Waals surface area contributed by atoms with Crippen molar-refractivity contribution in [2.45, 2.75) is 13.0 Å². The van der Waals surface area contributed by atoms with Crippen LogP contribution in [0.2, 0.25) is 0 Å². The first-order chi connectivity index (χ1) is 15.9. The highest BCUT2D eigenvalue weighted by Crippen LogP contribution is 2.33. The first-order valence-corrected chi connectivity index (χ1v) is 11.6. The van der Waals surface area contributed by atoms with Crippen LogP contribution < -0.4 is 10.2 Å². The van der Waals surface area contributed by atoms with E-state index < -0.39 is 0 Å². The zero-order chi connectivity index (χ0) is 23.4. The van der Waals surface area contributed by atoms with Gasteiger partial charge in [-0.05, 0) is 52.7 Å². The number of amides is 1. The summed E-state index contributed by atoms with van der Waals surface area (Å²) in [6.45, 7) is 4.46. The van der Waals surface area contributed by atoms with E-state index in [9.17, 15) is 14.9 Å². The molecule has 1 heterocycles. The fourth-order valence-corrected chi connectivity index (χ4v) is 4.48. The minimum atomic E-state index is -0.363. The highest BCUT2D eigenvalue weighted by Gasteiger charge is 2.25. The molecule has 0 bridgehead atoms. The Labute approximate surface area is 201 Å². The molecule has 33 heavy (non-hydrogen) atoms. The zero-order valence-corrected chi connectivity index (χ0v) is 19.9. The van der Waals surface area contributed by atoms with Crippen molar-refractivity contribution in [3.05, 3.63) is 98.5 Å². The van der Waals surface area contributed by atoms with Crippen molar-refractivity contribution < 1.29 is 9.72 Å². The summed E-state index contributed by atoms with van der Waals surface area (Å²) in [6, 6.07) is 22.3. The van der Waals surface area contributed by atoms with E-state index in [1.54, 1.807) is 12.1 Å². The van der Waals surface area contributed by atoms with Gasteiger partial charge < -0.3 is 15.1 Å². The van der Waals surface area contributed by atoms with Crippen molar-refractivity contribution in [2.24, 2.45) is 0 Å². The van der Waals surface area contributed by atoms with Gasteiger partial charge >= 0.3 is 0 Å². The number of anilines is 2. The third kappa shape index (κ3) is 5.17. The number of benzene rings is 3. The summed E-state index contributed by atoms with van der Waals surface area (Å²) in [5, 5.41) is 14.9. The van der Waals surface area contributed by atoms with Crippen LogP contribution in [0.4, 0.5) is 17.1 Å². The van der Waals surface area contributed by atoms with E-state index in [2.05, 4.69) is 26.1 Å². The van der Waals surface area contributed by atoms with Crippen LogP contribution in [0.25, 0.3) is 0 Å². The Kier molecular flexibility index (Phi) is 6.93. The quantitative estimate of drug-likeness (QED) is 0.351. The zero-order valence-electron chi connectivity index (χ0n) is 18.3. The van der Waals surface area contributed by atoms with E-state index in [0.29, 0.717) is 37.4 Å². The minimum Gasteiger partial charge on any atom is -0.373 e. The number of carbonyl (C=O) groups excluding carboxylic acids is 1. The number of hydrogen-bond donors (Lipinski definition) is 1. The lowest BCUT2D eigenvalue weighted by Crippen LogP contribution is -2.48. The number of nitrogens with zero attached hydrogens (tertiary/aromatic N) is 3. The van der Waals surface area contributed by atoms with Gasteiger partial charge in [-0.15, -0.1) is 0 Å². The Morgan fingerprint density at radius 2 is 1.67 bits per heavy atom. The molecule has 1 fully saturated rings. The third-order valence-corrected chi connectivity index (χ3v) is 6.58. The average molecular weight is 509 g/mol. The van der Waals surface area contributed by atoms with Gasteiger partial charge in [0.25, 0.3) is 11.6 Å². The molecule has 0 spiro atoms. The fourth-order valence-electron chi connectivity index (χ4n) is 4.03. The summed E-state index contributed by atoms with van der Waals surface area (Å²) in [5.74, 6) is 0.00451. The maximum absolute atomic E-state index is 12.9. The van der Waals surface area contributed by atoms with Crippen molar-refractivity contribution >= 4 is 38.9 Å². The number of hydrogen-bond acceptors (Lipinski definition) is 5. The monoisotopic (exact) mass is 508 g/mol. The normalized spacial score (nSPS) is 14.6. The molecule has 0 aromatic heterocycles. The van der Waals surface area contributed by atoms with E-state index >= 15 is 0 Å². The SMILES string of the molecule is CC(Nc1cc(N2CCN(C(=O)c3ccccc3Br)CC2)ccc1[N+](=O)[O-])c1ccccc1. The molecule has 1 amide bonds. The van der Waals surface area contributed by atoms with Crippen LogP contribution in [-0.2, 0) is 0 Å². The summed E-state index contributed by atoms with van der Waals surface area (Å²) >= 11 is 3.45. The Morgan fingerprint density at radius 1 is 1.00 bits per heavy atom. The topological polar surface area (TPSA) is 78.7 Å². The molecule has 4 rings (SSSR count). The summed E-state index contributed by atoms with van der Waals surface area (Å²) < 4.78 is 0.788. The molecule has 0 radical (unpaired) electrons.